The van der Waals surface area contributed by atoms with E-state index in [4.69, 9.17) is 5.73 Å². The first-order valence-electron chi connectivity index (χ1n) is 6.68. The van der Waals surface area contributed by atoms with Crippen molar-refractivity contribution in [2.24, 2.45) is 11.7 Å². The Balaban J connectivity index is 1.86. The second kappa shape index (κ2) is 6.01. The summed E-state index contributed by atoms with van der Waals surface area (Å²) in [5.41, 5.74) is 5.24. The lowest BCUT2D eigenvalue weighted by Gasteiger charge is -2.33. The van der Waals surface area contributed by atoms with Crippen LogP contribution in [-0.2, 0) is 14.4 Å². The van der Waals surface area contributed by atoms with Gasteiger partial charge in [-0.1, -0.05) is 0 Å². The monoisotopic (exact) mass is 268 g/mol. The van der Waals surface area contributed by atoms with Crippen LogP contribution in [0, 0.1) is 5.92 Å². The van der Waals surface area contributed by atoms with Gasteiger partial charge in [0.15, 0.2) is 0 Å². The number of nitrogens with zero attached hydrogens (tertiary/aromatic N) is 2. The van der Waals surface area contributed by atoms with Gasteiger partial charge in [-0.05, 0) is 12.8 Å². The van der Waals surface area contributed by atoms with Crippen molar-refractivity contribution in [2.75, 3.05) is 39.3 Å². The molecule has 2 rings (SSSR count). The molecule has 2 fully saturated rings. The molecule has 0 bridgehead atoms. The van der Waals surface area contributed by atoms with E-state index in [9.17, 15) is 14.4 Å². The first kappa shape index (κ1) is 13.8. The van der Waals surface area contributed by atoms with Gasteiger partial charge in [0.2, 0.25) is 5.91 Å². The number of carbonyl (C=O) groups is 3. The molecule has 0 aliphatic carbocycles. The molecule has 0 unspecified atom stereocenters. The SMILES string of the molecule is NC(=O)C1CCN(C(=O)C(=O)N2CCNCC2)CC1. The lowest BCUT2D eigenvalue weighted by Crippen LogP contribution is -2.53. The number of amides is 3. The van der Waals surface area contributed by atoms with E-state index in [2.05, 4.69) is 5.32 Å². The summed E-state index contributed by atoms with van der Waals surface area (Å²) in [5, 5.41) is 3.14. The highest BCUT2D eigenvalue weighted by Crippen LogP contribution is 2.17. The number of piperidine rings is 1. The number of rotatable bonds is 1. The molecule has 0 aromatic heterocycles. The summed E-state index contributed by atoms with van der Waals surface area (Å²) in [4.78, 5) is 38.3. The summed E-state index contributed by atoms with van der Waals surface area (Å²) in [5.74, 6) is -1.37. The summed E-state index contributed by atoms with van der Waals surface area (Å²) in [6.45, 7) is 3.46. The summed E-state index contributed by atoms with van der Waals surface area (Å²) in [7, 11) is 0. The van der Waals surface area contributed by atoms with Crippen LogP contribution in [0.25, 0.3) is 0 Å². The van der Waals surface area contributed by atoms with Crippen molar-refractivity contribution in [3.05, 3.63) is 0 Å². The van der Waals surface area contributed by atoms with Gasteiger partial charge in [0, 0.05) is 45.2 Å². The normalized spacial score (nSPS) is 21.3. The molecule has 3 amide bonds. The molecule has 7 heteroatoms. The Kier molecular flexibility index (Phi) is 4.36. The molecule has 2 aliphatic rings. The first-order chi connectivity index (χ1) is 9.09. The average Bonchev–Trinajstić information content (AvgIpc) is 2.46. The number of hydrogen-bond acceptors (Lipinski definition) is 4. The number of piperazine rings is 1. The summed E-state index contributed by atoms with van der Waals surface area (Å²) >= 11 is 0. The summed E-state index contributed by atoms with van der Waals surface area (Å²) in [6.07, 6.45) is 1.10. The van der Waals surface area contributed by atoms with Gasteiger partial charge in [0.25, 0.3) is 0 Å². The van der Waals surface area contributed by atoms with Gasteiger partial charge < -0.3 is 20.9 Å². The largest absolute Gasteiger partial charge is 0.369 e. The maximum Gasteiger partial charge on any atom is 0.312 e. The lowest BCUT2D eigenvalue weighted by molar-refractivity contribution is -0.153. The minimum atomic E-state index is -0.454. The third-order valence-corrected chi connectivity index (χ3v) is 3.77. The second-order valence-electron chi connectivity index (χ2n) is 5.01. The van der Waals surface area contributed by atoms with E-state index in [1.807, 2.05) is 0 Å². The van der Waals surface area contributed by atoms with Crippen LogP contribution >= 0.6 is 0 Å². The predicted molar refractivity (Wildman–Crippen MR) is 67.9 cm³/mol. The fourth-order valence-corrected chi connectivity index (χ4v) is 2.51. The molecule has 0 aromatic carbocycles. The van der Waals surface area contributed by atoms with Crippen LogP contribution in [0.3, 0.4) is 0 Å². The number of primary amides is 1. The Morgan fingerprint density at radius 2 is 1.37 bits per heavy atom. The molecular weight excluding hydrogens is 248 g/mol. The Morgan fingerprint density at radius 1 is 0.895 bits per heavy atom. The number of hydrogen-bond donors (Lipinski definition) is 2. The Labute approximate surface area is 112 Å². The number of nitrogens with one attached hydrogen (secondary N) is 1. The van der Waals surface area contributed by atoms with Gasteiger partial charge in [0.05, 0.1) is 0 Å². The minimum Gasteiger partial charge on any atom is -0.369 e. The topological polar surface area (TPSA) is 95.7 Å². The van der Waals surface area contributed by atoms with Crippen molar-refractivity contribution in [1.29, 1.82) is 0 Å². The molecule has 0 spiro atoms. The fraction of sp³-hybridized carbons (Fsp3) is 0.750. The second-order valence-corrected chi connectivity index (χ2v) is 5.01. The summed E-state index contributed by atoms with van der Waals surface area (Å²) in [6, 6.07) is 0. The zero-order valence-corrected chi connectivity index (χ0v) is 10.9. The van der Waals surface area contributed by atoms with Crippen LogP contribution in [-0.4, -0.2) is 66.8 Å². The van der Waals surface area contributed by atoms with Crippen LogP contribution in [0.1, 0.15) is 12.8 Å². The Bertz CT molecular complexity index is 371. The molecule has 3 N–H and O–H groups in total. The quantitative estimate of drug-likeness (QED) is 0.545. The predicted octanol–water partition coefficient (Wildman–Crippen LogP) is -1.86. The highest BCUT2D eigenvalue weighted by Gasteiger charge is 2.31. The zero-order chi connectivity index (χ0) is 13.8. The maximum absolute atomic E-state index is 12.1. The van der Waals surface area contributed by atoms with Crippen LogP contribution in [0.5, 0.6) is 0 Å². The highest BCUT2D eigenvalue weighted by molar-refractivity contribution is 6.34. The van der Waals surface area contributed by atoms with E-state index in [-0.39, 0.29) is 11.8 Å². The van der Waals surface area contributed by atoms with Gasteiger partial charge in [-0.2, -0.15) is 0 Å². The van der Waals surface area contributed by atoms with Crippen molar-refractivity contribution in [3.8, 4) is 0 Å². The molecule has 2 saturated heterocycles. The van der Waals surface area contributed by atoms with Crippen LogP contribution < -0.4 is 11.1 Å². The molecular formula is C12H20N4O3. The molecule has 19 heavy (non-hydrogen) atoms. The van der Waals surface area contributed by atoms with Crippen LogP contribution in [0.2, 0.25) is 0 Å². The average molecular weight is 268 g/mol. The van der Waals surface area contributed by atoms with E-state index in [0.29, 0.717) is 39.0 Å². The van der Waals surface area contributed by atoms with Crippen molar-refractivity contribution >= 4 is 17.7 Å². The fourth-order valence-electron chi connectivity index (χ4n) is 2.51. The van der Waals surface area contributed by atoms with Crippen LogP contribution in [0.15, 0.2) is 0 Å². The van der Waals surface area contributed by atoms with Crippen molar-refractivity contribution in [1.82, 2.24) is 15.1 Å². The number of nitrogens with two attached hydrogens (primary N) is 1. The van der Waals surface area contributed by atoms with Gasteiger partial charge >= 0.3 is 11.8 Å². The van der Waals surface area contributed by atoms with E-state index in [0.717, 1.165) is 13.1 Å². The standard InChI is InChI=1S/C12H20N4O3/c13-10(17)9-1-5-15(6-2-9)11(18)12(19)16-7-3-14-4-8-16/h9,14H,1-8H2,(H2,13,17). The third-order valence-electron chi connectivity index (χ3n) is 3.77. The minimum absolute atomic E-state index is 0.168. The molecule has 106 valence electrons. The van der Waals surface area contributed by atoms with Crippen molar-refractivity contribution < 1.29 is 14.4 Å². The molecule has 0 atom stereocenters. The smallest absolute Gasteiger partial charge is 0.312 e. The van der Waals surface area contributed by atoms with Crippen molar-refractivity contribution in [3.63, 3.8) is 0 Å². The third kappa shape index (κ3) is 3.23. The number of likely N-dealkylation sites (tertiary alicyclic amines) is 1. The molecule has 0 saturated carbocycles. The maximum atomic E-state index is 12.1. The van der Waals surface area contributed by atoms with Gasteiger partial charge in [0.1, 0.15) is 0 Å². The first-order valence-corrected chi connectivity index (χ1v) is 6.68. The van der Waals surface area contributed by atoms with E-state index in [1.54, 1.807) is 4.90 Å². The molecule has 2 aliphatic heterocycles. The van der Waals surface area contributed by atoms with E-state index in [1.165, 1.54) is 4.90 Å². The van der Waals surface area contributed by atoms with Gasteiger partial charge in [-0.3, -0.25) is 14.4 Å². The van der Waals surface area contributed by atoms with Crippen molar-refractivity contribution in [2.45, 2.75) is 12.8 Å². The van der Waals surface area contributed by atoms with Crippen LogP contribution in [0.4, 0.5) is 0 Å². The lowest BCUT2D eigenvalue weighted by atomic mass is 9.96. The van der Waals surface area contributed by atoms with Gasteiger partial charge in [-0.25, -0.2) is 0 Å². The molecule has 7 nitrogen and oxygen atoms in total. The Hall–Kier alpha value is -1.63. The highest BCUT2D eigenvalue weighted by atomic mass is 16.2. The zero-order valence-electron chi connectivity index (χ0n) is 10.9. The molecule has 0 radical (unpaired) electrons. The Morgan fingerprint density at radius 3 is 1.84 bits per heavy atom. The summed E-state index contributed by atoms with van der Waals surface area (Å²) < 4.78 is 0. The van der Waals surface area contributed by atoms with Gasteiger partial charge in [-0.15, -0.1) is 0 Å². The van der Waals surface area contributed by atoms with E-state index >= 15 is 0 Å². The van der Waals surface area contributed by atoms with E-state index < -0.39 is 11.8 Å². The molecule has 2 heterocycles. The molecule has 0 aromatic rings. The number of carbonyl (C=O) groups excluding carboxylic acids is 3.